The summed E-state index contributed by atoms with van der Waals surface area (Å²) >= 11 is 6.05. The van der Waals surface area contributed by atoms with E-state index < -0.39 is 17.7 Å². The fourth-order valence-corrected chi connectivity index (χ4v) is 2.14. The third kappa shape index (κ3) is 2.69. The second kappa shape index (κ2) is 5.55. The summed E-state index contributed by atoms with van der Waals surface area (Å²) < 4.78 is 32.4. The van der Waals surface area contributed by atoms with Gasteiger partial charge in [-0.3, -0.25) is 0 Å². The molecule has 19 heavy (non-hydrogen) atoms. The minimum atomic E-state index is -0.973. The van der Waals surface area contributed by atoms with Crippen LogP contribution in [0.2, 0.25) is 5.02 Å². The van der Waals surface area contributed by atoms with E-state index >= 15 is 0 Å². The Kier molecular flexibility index (Phi) is 4.02. The highest BCUT2D eigenvalue weighted by molar-refractivity contribution is 6.31. The SMILES string of the molecule is COc1ccc(C(N)c2c(F)cccc2F)c(Cl)c1. The molecule has 0 aliphatic carbocycles. The van der Waals surface area contributed by atoms with Gasteiger partial charge >= 0.3 is 0 Å². The van der Waals surface area contributed by atoms with Crippen molar-refractivity contribution in [3.8, 4) is 5.75 Å². The van der Waals surface area contributed by atoms with E-state index in [1.165, 1.54) is 13.2 Å². The molecule has 2 N–H and O–H groups in total. The maximum Gasteiger partial charge on any atom is 0.131 e. The molecular formula is C14H12ClF2NO. The number of ether oxygens (including phenoxy) is 1. The van der Waals surface area contributed by atoms with Gasteiger partial charge in [-0.1, -0.05) is 23.7 Å². The molecule has 5 heteroatoms. The normalized spacial score (nSPS) is 12.3. The first-order valence-corrected chi connectivity index (χ1v) is 5.95. The average molecular weight is 284 g/mol. The highest BCUT2D eigenvalue weighted by atomic mass is 35.5. The molecule has 0 heterocycles. The molecule has 2 aromatic carbocycles. The molecule has 0 saturated carbocycles. The van der Waals surface area contributed by atoms with Crippen molar-refractivity contribution in [1.82, 2.24) is 0 Å². The summed E-state index contributed by atoms with van der Waals surface area (Å²) in [5.41, 5.74) is 6.14. The fraction of sp³-hybridized carbons (Fsp3) is 0.143. The van der Waals surface area contributed by atoms with Crippen LogP contribution in [0.5, 0.6) is 5.75 Å². The van der Waals surface area contributed by atoms with Crippen LogP contribution in [0.4, 0.5) is 8.78 Å². The molecule has 100 valence electrons. The van der Waals surface area contributed by atoms with Crippen LogP contribution in [0.1, 0.15) is 17.2 Å². The molecule has 2 nitrogen and oxygen atoms in total. The quantitative estimate of drug-likeness (QED) is 0.933. The molecule has 0 aliphatic rings. The topological polar surface area (TPSA) is 35.2 Å². The molecule has 0 radical (unpaired) electrons. The molecule has 0 fully saturated rings. The lowest BCUT2D eigenvalue weighted by Crippen LogP contribution is -2.16. The molecular weight excluding hydrogens is 272 g/mol. The average Bonchev–Trinajstić information content (AvgIpc) is 2.38. The van der Waals surface area contributed by atoms with E-state index in [4.69, 9.17) is 22.1 Å². The highest BCUT2D eigenvalue weighted by Crippen LogP contribution is 2.31. The van der Waals surface area contributed by atoms with Crippen LogP contribution in [0.25, 0.3) is 0 Å². The predicted molar refractivity (Wildman–Crippen MR) is 70.4 cm³/mol. The Labute approximate surface area is 114 Å². The number of halogens is 3. The van der Waals surface area contributed by atoms with Gasteiger partial charge in [-0.15, -0.1) is 0 Å². The van der Waals surface area contributed by atoms with Gasteiger partial charge in [0, 0.05) is 10.6 Å². The van der Waals surface area contributed by atoms with E-state index in [1.54, 1.807) is 18.2 Å². The van der Waals surface area contributed by atoms with E-state index in [1.807, 2.05) is 0 Å². The Hall–Kier alpha value is -1.65. The largest absolute Gasteiger partial charge is 0.497 e. The third-order valence-electron chi connectivity index (χ3n) is 2.85. The highest BCUT2D eigenvalue weighted by Gasteiger charge is 2.20. The number of hydrogen-bond acceptors (Lipinski definition) is 2. The molecule has 0 amide bonds. The standard InChI is InChI=1S/C14H12ClF2NO/c1-19-8-5-6-9(10(15)7-8)14(18)13-11(16)3-2-4-12(13)17/h2-7,14H,18H2,1H3. The molecule has 1 unspecified atom stereocenters. The van der Waals surface area contributed by atoms with Crippen molar-refractivity contribution < 1.29 is 13.5 Å². The maximum absolute atomic E-state index is 13.7. The summed E-state index contributed by atoms with van der Waals surface area (Å²) in [6.45, 7) is 0. The van der Waals surface area contributed by atoms with E-state index in [9.17, 15) is 8.78 Å². The van der Waals surface area contributed by atoms with Crippen molar-refractivity contribution >= 4 is 11.6 Å². The number of rotatable bonds is 3. The van der Waals surface area contributed by atoms with Crippen molar-refractivity contribution in [3.63, 3.8) is 0 Å². The van der Waals surface area contributed by atoms with Gasteiger partial charge in [-0.25, -0.2) is 8.78 Å². The molecule has 1 atom stereocenters. The van der Waals surface area contributed by atoms with Gasteiger partial charge in [0.15, 0.2) is 0 Å². The number of benzene rings is 2. The smallest absolute Gasteiger partial charge is 0.131 e. The predicted octanol–water partition coefficient (Wildman–Crippen LogP) is 3.67. The monoisotopic (exact) mass is 283 g/mol. The van der Waals surface area contributed by atoms with Gasteiger partial charge in [0.1, 0.15) is 17.4 Å². The van der Waals surface area contributed by atoms with Crippen molar-refractivity contribution in [2.75, 3.05) is 7.11 Å². The Bertz CT molecular complexity index is 584. The molecule has 0 spiro atoms. The Morgan fingerprint density at radius 1 is 1.16 bits per heavy atom. The maximum atomic E-state index is 13.7. The Morgan fingerprint density at radius 2 is 1.79 bits per heavy atom. The molecule has 2 aromatic rings. The van der Waals surface area contributed by atoms with Crippen LogP contribution in [0.15, 0.2) is 36.4 Å². The van der Waals surface area contributed by atoms with Crippen LogP contribution >= 0.6 is 11.6 Å². The fourth-order valence-electron chi connectivity index (χ4n) is 1.85. The zero-order chi connectivity index (χ0) is 14.0. The zero-order valence-electron chi connectivity index (χ0n) is 10.2. The number of hydrogen-bond donors (Lipinski definition) is 1. The number of nitrogens with two attached hydrogens (primary N) is 1. The second-order valence-corrected chi connectivity index (χ2v) is 4.41. The van der Waals surface area contributed by atoms with Crippen molar-refractivity contribution in [1.29, 1.82) is 0 Å². The van der Waals surface area contributed by atoms with Gasteiger partial charge in [0.2, 0.25) is 0 Å². The summed E-state index contributed by atoms with van der Waals surface area (Å²) in [6, 6.07) is 7.43. The van der Waals surface area contributed by atoms with Crippen LogP contribution in [-0.2, 0) is 0 Å². The van der Waals surface area contributed by atoms with Crippen LogP contribution in [0.3, 0.4) is 0 Å². The van der Waals surface area contributed by atoms with E-state index in [0.717, 1.165) is 12.1 Å². The minimum absolute atomic E-state index is 0.199. The zero-order valence-corrected chi connectivity index (χ0v) is 10.9. The Morgan fingerprint density at radius 3 is 2.32 bits per heavy atom. The number of methoxy groups -OCH3 is 1. The van der Waals surface area contributed by atoms with Crippen LogP contribution in [0, 0.1) is 11.6 Å². The lowest BCUT2D eigenvalue weighted by molar-refractivity contribution is 0.414. The van der Waals surface area contributed by atoms with Gasteiger partial charge in [0.25, 0.3) is 0 Å². The van der Waals surface area contributed by atoms with E-state index in [-0.39, 0.29) is 5.56 Å². The first-order valence-electron chi connectivity index (χ1n) is 5.57. The molecule has 2 rings (SSSR count). The van der Waals surface area contributed by atoms with Crippen molar-refractivity contribution in [2.45, 2.75) is 6.04 Å². The Balaban J connectivity index is 2.47. The van der Waals surface area contributed by atoms with E-state index in [2.05, 4.69) is 0 Å². The third-order valence-corrected chi connectivity index (χ3v) is 3.18. The van der Waals surface area contributed by atoms with Crippen LogP contribution in [-0.4, -0.2) is 7.11 Å². The van der Waals surface area contributed by atoms with E-state index in [0.29, 0.717) is 16.3 Å². The molecule has 0 aliphatic heterocycles. The first-order chi connectivity index (χ1) is 9.04. The van der Waals surface area contributed by atoms with Gasteiger partial charge in [0.05, 0.1) is 13.2 Å². The lowest BCUT2D eigenvalue weighted by atomic mass is 9.98. The van der Waals surface area contributed by atoms with Gasteiger partial charge in [-0.2, -0.15) is 0 Å². The summed E-state index contributed by atoms with van der Waals surface area (Å²) in [5, 5.41) is 0.300. The summed E-state index contributed by atoms with van der Waals surface area (Å²) in [5.74, 6) is -0.839. The van der Waals surface area contributed by atoms with Crippen LogP contribution < -0.4 is 10.5 Å². The molecule has 0 saturated heterocycles. The lowest BCUT2D eigenvalue weighted by Gasteiger charge is -2.16. The van der Waals surface area contributed by atoms with Crippen molar-refractivity contribution in [3.05, 3.63) is 64.2 Å². The second-order valence-electron chi connectivity index (χ2n) is 4.00. The first kappa shape index (κ1) is 13.8. The van der Waals surface area contributed by atoms with Crippen molar-refractivity contribution in [2.24, 2.45) is 5.73 Å². The molecule has 0 aromatic heterocycles. The van der Waals surface area contributed by atoms with Gasteiger partial charge < -0.3 is 10.5 Å². The summed E-state index contributed by atoms with van der Waals surface area (Å²) in [4.78, 5) is 0. The minimum Gasteiger partial charge on any atom is -0.497 e. The summed E-state index contributed by atoms with van der Waals surface area (Å²) in [6.07, 6.45) is 0. The molecule has 0 bridgehead atoms. The van der Waals surface area contributed by atoms with Gasteiger partial charge in [-0.05, 0) is 29.8 Å². The summed E-state index contributed by atoms with van der Waals surface area (Å²) in [7, 11) is 1.50.